The molecule has 4 rings (SSSR count). The molecule has 0 saturated carbocycles. The van der Waals surface area contributed by atoms with Crippen LogP contribution in [0.1, 0.15) is 73.7 Å². The third kappa shape index (κ3) is 5.22. The van der Waals surface area contributed by atoms with Gasteiger partial charge in [0.05, 0.1) is 0 Å². The maximum atomic E-state index is 2.72. The number of hydrogen-bond acceptors (Lipinski definition) is 0. The van der Waals surface area contributed by atoms with Crippen LogP contribution in [0.2, 0.25) is 13.1 Å². The summed E-state index contributed by atoms with van der Waals surface area (Å²) in [4.78, 5) is 0. The van der Waals surface area contributed by atoms with Crippen molar-refractivity contribution in [1.82, 2.24) is 0 Å². The Hall–Kier alpha value is -0.660. The summed E-state index contributed by atoms with van der Waals surface area (Å²) in [6.45, 7) is 14.9. The average Bonchev–Trinajstić information content (AvgIpc) is 3.35. The first-order valence-electron chi connectivity index (χ1n) is 12.6. The summed E-state index contributed by atoms with van der Waals surface area (Å²) < 4.78 is 2.70. The van der Waals surface area contributed by atoms with E-state index in [1.54, 1.807) is 22.3 Å². The largest absolute Gasteiger partial charge is 0.147 e. The summed E-state index contributed by atoms with van der Waals surface area (Å²) in [5.41, 5.74) is 11.0. The summed E-state index contributed by atoms with van der Waals surface area (Å²) in [7, 11) is 0. The number of halogens is 2. The van der Waals surface area contributed by atoms with Crippen molar-refractivity contribution >= 4 is 35.8 Å². The van der Waals surface area contributed by atoms with Gasteiger partial charge in [-0.25, -0.2) is 0 Å². The Kier molecular flexibility index (Phi) is 11.3. The second kappa shape index (κ2) is 13.0. The van der Waals surface area contributed by atoms with Crippen LogP contribution in [0.3, 0.4) is 0 Å². The molecule has 0 amide bonds. The SMILES string of the molecule is CCC1=C(CC)C(CC)[C]([Zr]([CH]2C=C(c3ccccc3)c3ccccc32)=[Si](C)C)=C1CC.Cl.Cl. The zero-order chi connectivity index (χ0) is 22.8. The van der Waals surface area contributed by atoms with Crippen molar-refractivity contribution < 1.29 is 20.4 Å². The van der Waals surface area contributed by atoms with Crippen molar-refractivity contribution in [2.75, 3.05) is 0 Å². The zero-order valence-electron chi connectivity index (χ0n) is 21.6. The molecule has 0 radical (unpaired) electrons. The molecular weight excluding hydrogens is 551 g/mol. The Morgan fingerprint density at radius 2 is 1.38 bits per heavy atom. The Labute approximate surface area is 228 Å². The molecule has 0 bridgehead atoms. The third-order valence-electron chi connectivity index (χ3n) is 7.49. The quantitative estimate of drug-likeness (QED) is 0.282. The van der Waals surface area contributed by atoms with Crippen molar-refractivity contribution in [3.63, 3.8) is 0 Å². The molecule has 34 heavy (non-hydrogen) atoms. The van der Waals surface area contributed by atoms with Crippen LogP contribution in [-0.4, -0.2) is 5.43 Å². The van der Waals surface area contributed by atoms with E-state index in [1.165, 1.54) is 42.4 Å². The predicted octanol–water partition coefficient (Wildman–Crippen LogP) is 9.71. The van der Waals surface area contributed by atoms with Gasteiger partial charge in [-0.2, -0.15) is 0 Å². The van der Waals surface area contributed by atoms with Crippen molar-refractivity contribution in [1.29, 1.82) is 0 Å². The third-order valence-corrected chi connectivity index (χ3v) is 25.7. The molecule has 4 heteroatoms. The Balaban J connectivity index is 0.00000204. The molecule has 2 unspecified atom stereocenters. The molecule has 0 aliphatic heterocycles. The summed E-state index contributed by atoms with van der Waals surface area (Å²) in [6, 6.07) is 20.4. The Morgan fingerprint density at radius 3 is 1.94 bits per heavy atom. The number of fused-ring (bicyclic) bond motifs is 1. The van der Waals surface area contributed by atoms with Crippen LogP contribution in [-0.2, 0) is 20.4 Å². The van der Waals surface area contributed by atoms with Gasteiger partial charge in [-0.15, -0.1) is 24.8 Å². The van der Waals surface area contributed by atoms with Gasteiger partial charge in [0.25, 0.3) is 0 Å². The van der Waals surface area contributed by atoms with Gasteiger partial charge in [-0.1, -0.05) is 0 Å². The van der Waals surface area contributed by atoms with Crippen molar-refractivity contribution in [3.8, 4) is 0 Å². The number of hydrogen-bond donors (Lipinski definition) is 0. The maximum absolute atomic E-state index is 2.72. The zero-order valence-corrected chi connectivity index (χ0v) is 26.7. The van der Waals surface area contributed by atoms with E-state index >= 15 is 0 Å². The van der Waals surface area contributed by atoms with E-state index in [1.807, 2.05) is 3.28 Å². The minimum Gasteiger partial charge on any atom is -0.147 e. The van der Waals surface area contributed by atoms with Gasteiger partial charge >= 0.3 is 205 Å². The van der Waals surface area contributed by atoms with E-state index in [-0.39, 0.29) is 30.2 Å². The molecule has 0 N–H and O–H groups in total. The van der Waals surface area contributed by atoms with Gasteiger partial charge in [0.2, 0.25) is 0 Å². The second-order valence-corrected chi connectivity index (χ2v) is 26.8. The van der Waals surface area contributed by atoms with Crippen LogP contribution in [0.15, 0.2) is 80.7 Å². The van der Waals surface area contributed by atoms with E-state index in [2.05, 4.69) is 101 Å². The van der Waals surface area contributed by atoms with Crippen molar-refractivity contribution in [3.05, 3.63) is 97.4 Å². The average molecular weight is 591 g/mol. The van der Waals surface area contributed by atoms with E-state index < -0.39 is 20.4 Å². The fraction of sp³-hybridized carbons (Fsp3) is 0.400. The molecule has 0 aromatic heterocycles. The molecule has 2 aromatic carbocycles. The predicted molar refractivity (Wildman–Crippen MR) is 153 cm³/mol. The molecule has 0 spiro atoms. The summed E-state index contributed by atoms with van der Waals surface area (Å²) in [5, 5.41) is 0. The van der Waals surface area contributed by atoms with Crippen LogP contribution in [0.4, 0.5) is 0 Å². The summed E-state index contributed by atoms with van der Waals surface area (Å²) in [6.07, 6.45) is 7.67. The first kappa shape index (κ1) is 29.6. The van der Waals surface area contributed by atoms with Gasteiger partial charge in [-0.05, 0) is 0 Å². The molecule has 0 nitrogen and oxygen atoms in total. The minimum atomic E-state index is -1.97. The Bertz CT molecular complexity index is 1140. The summed E-state index contributed by atoms with van der Waals surface area (Å²) >= 11 is -1.97. The molecule has 0 heterocycles. The van der Waals surface area contributed by atoms with Crippen molar-refractivity contribution in [2.24, 2.45) is 5.92 Å². The van der Waals surface area contributed by atoms with Gasteiger partial charge in [0.15, 0.2) is 0 Å². The van der Waals surface area contributed by atoms with Gasteiger partial charge in [0.1, 0.15) is 0 Å². The fourth-order valence-electron chi connectivity index (χ4n) is 6.27. The second-order valence-electron chi connectivity index (χ2n) is 9.34. The monoisotopic (exact) mass is 588 g/mol. The van der Waals surface area contributed by atoms with Crippen molar-refractivity contribution in [2.45, 2.75) is 70.1 Å². The first-order chi connectivity index (χ1) is 15.6. The normalized spacial score (nSPS) is 18.8. The van der Waals surface area contributed by atoms with Crippen LogP contribution in [0.5, 0.6) is 0 Å². The van der Waals surface area contributed by atoms with E-state index in [0.29, 0.717) is 3.63 Å². The summed E-state index contributed by atoms with van der Waals surface area (Å²) in [5.74, 6) is 0.737. The molecule has 2 aliphatic carbocycles. The topological polar surface area (TPSA) is 0 Å². The molecule has 2 aromatic rings. The van der Waals surface area contributed by atoms with E-state index in [4.69, 9.17) is 0 Å². The number of allylic oxidation sites excluding steroid dienone is 5. The standard InChI is InChI=1S/C15H11.C13H21.C2H6Si.2ClH.Zr/c1-2-6-12(7-3-1)15-11-10-13-8-4-5-9-14(13)15;1-5-10-9-11(6-2)13(8-4)12(10)7-3;1-3-2;;;/h1-11H;10H,5-8H2,1-4H3;1-2H3;2*1H;. The van der Waals surface area contributed by atoms with Crippen LogP contribution in [0, 0.1) is 5.92 Å². The van der Waals surface area contributed by atoms with Gasteiger partial charge in [-0.3, -0.25) is 0 Å². The van der Waals surface area contributed by atoms with Crippen LogP contribution >= 0.6 is 24.8 Å². The van der Waals surface area contributed by atoms with Crippen LogP contribution in [0.25, 0.3) is 5.57 Å². The molecule has 2 aliphatic rings. The smallest absolute Gasteiger partial charge is 0.147 e. The fourth-order valence-corrected chi connectivity index (χ4v) is 25.8. The maximum Gasteiger partial charge on any atom is -0.147 e. The molecule has 0 saturated heterocycles. The first-order valence-corrected chi connectivity index (χ1v) is 21.4. The van der Waals surface area contributed by atoms with Gasteiger partial charge in [0, 0.05) is 0 Å². The number of rotatable bonds is 7. The number of benzene rings is 2. The van der Waals surface area contributed by atoms with Gasteiger partial charge < -0.3 is 0 Å². The van der Waals surface area contributed by atoms with E-state index in [0.717, 1.165) is 5.92 Å². The molecule has 182 valence electrons. The molecule has 0 fully saturated rings. The Morgan fingerprint density at radius 1 is 0.765 bits per heavy atom. The van der Waals surface area contributed by atoms with E-state index in [9.17, 15) is 0 Å². The van der Waals surface area contributed by atoms with Crippen LogP contribution < -0.4 is 0 Å². The minimum absolute atomic E-state index is 0. The molecular formula is C30H40Cl2SiZr. The molecule has 2 atom stereocenters.